The molecule has 0 aliphatic heterocycles. The Morgan fingerprint density at radius 3 is 2.52 bits per heavy atom. The van der Waals surface area contributed by atoms with Gasteiger partial charge in [-0.05, 0) is 80.8 Å². The number of carbonyl (C=O) groups excluding carboxylic acids is 2. The van der Waals surface area contributed by atoms with E-state index in [9.17, 15) is 14.7 Å². The van der Waals surface area contributed by atoms with Crippen LogP contribution in [0.5, 0.6) is 0 Å². The van der Waals surface area contributed by atoms with Crippen LogP contribution in [0.1, 0.15) is 66.2 Å². The third-order valence-electron chi connectivity index (χ3n) is 8.56. The molecule has 0 amide bonds. The Hall–Kier alpha value is -1.22. The molecule has 0 bridgehead atoms. The number of ketones is 2. The summed E-state index contributed by atoms with van der Waals surface area (Å²) in [4.78, 5) is 24.3. The smallest absolute Gasteiger partial charge is 0.161 e. The molecule has 0 aromatic rings. The van der Waals surface area contributed by atoms with Crippen molar-refractivity contribution in [3.8, 4) is 0 Å². The highest BCUT2D eigenvalue weighted by molar-refractivity contribution is 5.92. The van der Waals surface area contributed by atoms with Crippen LogP contribution in [0.15, 0.2) is 23.3 Å². The number of hydrogen-bond acceptors (Lipinski definition) is 3. The molecular formula is C22H30O3. The van der Waals surface area contributed by atoms with Gasteiger partial charge in [-0.25, -0.2) is 0 Å². The van der Waals surface area contributed by atoms with Crippen molar-refractivity contribution < 1.29 is 14.7 Å². The molecule has 0 spiro atoms. The molecule has 2 saturated carbocycles. The van der Waals surface area contributed by atoms with Gasteiger partial charge in [0.1, 0.15) is 5.60 Å². The summed E-state index contributed by atoms with van der Waals surface area (Å²) < 4.78 is 0. The number of Topliss-reactive ketones (excluding diaryl/α,β-unsaturated/α-hetero) is 1. The molecule has 0 aromatic heterocycles. The highest BCUT2D eigenvalue weighted by Gasteiger charge is 2.65. The van der Waals surface area contributed by atoms with E-state index in [2.05, 4.69) is 26.8 Å². The highest BCUT2D eigenvalue weighted by atomic mass is 16.3. The quantitative estimate of drug-likeness (QED) is 0.783. The molecule has 4 aliphatic rings. The topological polar surface area (TPSA) is 54.4 Å². The summed E-state index contributed by atoms with van der Waals surface area (Å²) in [6, 6.07) is 0. The molecule has 3 nitrogen and oxygen atoms in total. The van der Waals surface area contributed by atoms with Gasteiger partial charge in [0.25, 0.3) is 0 Å². The molecule has 136 valence electrons. The fourth-order valence-electron chi connectivity index (χ4n) is 7.01. The predicted molar refractivity (Wildman–Crippen MR) is 96.9 cm³/mol. The number of aliphatic hydroxyl groups is 1. The maximum Gasteiger partial charge on any atom is 0.161 e. The van der Waals surface area contributed by atoms with Crippen LogP contribution in [0, 0.1) is 28.6 Å². The molecule has 3 heteroatoms. The summed E-state index contributed by atoms with van der Waals surface area (Å²) in [7, 11) is 0. The normalized spacial score (nSPS) is 48.8. The second-order valence-electron chi connectivity index (χ2n) is 9.49. The van der Waals surface area contributed by atoms with Crippen LogP contribution < -0.4 is 0 Å². The van der Waals surface area contributed by atoms with Crippen molar-refractivity contribution in [2.24, 2.45) is 28.6 Å². The van der Waals surface area contributed by atoms with E-state index in [0.717, 1.165) is 25.7 Å². The highest BCUT2D eigenvalue weighted by Crippen LogP contribution is 2.67. The monoisotopic (exact) mass is 342 g/mol. The SMILES string of the molecule is CC(=O)[C@@]1(O)CC[C@H]2[C@@H]3C=C(C)C4=CC(=O)CCC4(C)[C@H]3CC[C@@]21C. The molecule has 4 aliphatic carbocycles. The molecule has 0 aromatic carbocycles. The van der Waals surface area contributed by atoms with Gasteiger partial charge >= 0.3 is 0 Å². The van der Waals surface area contributed by atoms with Crippen LogP contribution in [-0.4, -0.2) is 22.3 Å². The van der Waals surface area contributed by atoms with E-state index in [-0.39, 0.29) is 22.4 Å². The van der Waals surface area contributed by atoms with E-state index in [1.54, 1.807) is 6.92 Å². The molecule has 2 fully saturated rings. The van der Waals surface area contributed by atoms with Crippen molar-refractivity contribution in [3.63, 3.8) is 0 Å². The number of rotatable bonds is 1. The maximum absolute atomic E-state index is 12.3. The number of carbonyl (C=O) groups is 2. The van der Waals surface area contributed by atoms with E-state index in [1.807, 2.05) is 6.08 Å². The summed E-state index contributed by atoms with van der Waals surface area (Å²) in [5, 5.41) is 11.2. The lowest BCUT2D eigenvalue weighted by atomic mass is 9.47. The Kier molecular flexibility index (Phi) is 3.55. The second-order valence-corrected chi connectivity index (χ2v) is 9.49. The van der Waals surface area contributed by atoms with Crippen LogP contribution >= 0.6 is 0 Å². The van der Waals surface area contributed by atoms with E-state index in [0.29, 0.717) is 30.6 Å². The summed E-state index contributed by atoms with van der Waals surface area (Å²) >= 11 is 0. The van der Waals surface area contributed by atoms with Crippen LogP contribution in [0.2, 0.25) is 0 Å². The fraction of sp³-hybridized carbons (Fsp3) is 0.727. The lowest BCUT2D eigenvalue weighted by Crippen LogP contribution is -2.56. The number of fused-ring (bicyclic) bond motifs is 5. The van der Waals surface area contributed by atoms with Gasteiger partial charge in [0, 0.05) is 11.8 Å². The van der Waals surface area contributed by atoms with Crippen molar-refractivity contribution in [2.45, 2.75) is 71.8 Å². The first-order valence-corrected chi connectivity index (χ1v) is 9.81. The molecule has 0 saturated heterocycles. The van der Waals surface area contributed by atoms with Gasteiger partial charge in [0.2, 0.25) is 0 Å². The zero-order valence-corrected chi connectivity index (χ0v) is 15.9. The summed E-state index contributed by atoms with van der Waals surface area (Å²) in [5.74, 6) is 1.46. The minimum Gasteiger partial charge on any atom is -0.382 e. The molecule has 25 heavy (non-hydrogen) atoms. The Labute approximate surface area is 150 Å². The standard InChI is InChI=1S/C22H30O3/c1-13-11-16-17(20(3)8-5-15(24)12-19(13)20)6-9-21(4)18(16)7-10-22(21,25)14(2)23/h11-12,16-18,25H,5-10H2,1-4H3/t16-,17+,18+,20?,21+,22+/m1/s1. The Bertz CT molecular complexity index is 717. The average molecular weight is 342 g/mol. The van der Waals surface area contributed by atoms with Crippen molar-refractivity contribution in [1.82, 2.24) is 0 Å². The van der Waals surface area contributed by atoms with Crippen molar-refractivity contribution in [1.29, 1.82) is 0 Å². The lowest BCUT2D eigenvalue weighted by molar-refractivity contribution is -0.156. The van der Waals surface area contributed by atoms with Crippen molar-refractivity contribution in [3.05, 3.63) is 23.3 Å². The van der Waals surface area contributed by atoms with Crippen LogP contribution in [0.25, 0.3) is 0 Å². The van der Waals surface area contributed by atoms with E-state index in [4.69, 9.17) is 0 Å². The number of hydrogen-bond donors (Lipinski definition) is 1. The van der Waals surface area contributed by atoms with Gasteiger partial charge in [0.15, 0.2) is 11.6 Å². The first kappa shape index (κ1) is 17.2. The minimum atomic E-state index is -1.16. The summed E-state index contributed by atoms with van der Waals surface area (Å²) in [5.41, 5.74) is 1.06. The van der Waals surface area contributed by atoms with Gasteiger partial charge in [0.05, 0.1) is 0 Å². The largest absolute Gasteiger partial charge is 0.382 e. The Balaban J connectivity index is 1.80. The van der Waals surface area contributed by atoms with Gasteiger partial charge in [-0.1, -0.05) is 25.5 Å². The van der Waals surface area contributed by atoms with Crippen molar-refractivity contribution in [2.75, 3.05) is 0 Å². The van der Waals surface area contributed by atoms with Gasteiger partial charge in [-0.2, -0.15) is 0 Å². The molecular weight excluding hydrogens is 312 g/mol. The summed E-state index contributed by atoms with van der Waals surface area (Å²) in [6.07, 6.45) is 9.28. The zero-order chi connectivity index (χ0) is 18.2. The molecule has 0 radical (unpaired) electrons. The predicted octanol–water partition coefficient (Wildman–Crippen LogP) is 4.00. The fourth-order valence-corrected chi connectivity index (χ4v) is 7.01. The maximum atomic E-state index is 12.3. The average Bonchev–Trinajstić information content (AvgIpc) is 2.83. The molecule has 4 rings (SSSR count). The lowest BCUT2D eigenvalue weighted by Gasteiger charge is -2.57. The van der Waals surface area contributed by atoms with E-state index < -0.39 is 5.60 Å². The molecule has 1 unspecified atom stereocenters. The summed E-state index contributed by atoms with van der Waals surface area (Å²) in [6.45, 7) is 8.17. The molecule has 6 atom stereocenters. The van der Waals surface area contributed by atoms with Crippen LogP contribution in [-0.2, 0) is 9.59 Å². The first-order chi connectivity index (χ1) is 11.6. The molecule has 1 N–H and O–H groups in total. The zero-order valence-electron chi connectivity index (χ0n) is 15.9. The van der Waals surface area contributed by atoms with E-state index >= 15 is 0 Å². The van der Waals surface area contributed by atoms with Gasteiger partial charge < -0.3 is 5.11 Å². The van der Waals surface area contributed by atoms with Gasteiger partial charge in [-0.15, -0.1) is 0 Å². The Morgan fingerprint density at radius 1 is 1.16 bits per heavy atom. The van der Waals surface area contributed by atoms with E-state index in [1.165, 1.54) is 11.1 Å². The van der Waals surface area contributed by atoms with Crippen LogP contribution in [0.4, 0.5) is 0 Å². The number of allylic oxidation sites excluding steroid dienone is 4. The minimum absolute atomic E-state index is 0.0651. The first-order valence-electron chi connectivity index (χ1n) is 9.81. The molecule has 0 heterocycles. The second kappa shape index (κ2) is 5.16. The van der Waals surface area contributed by atoms with Crippen molar-refractivity contribution >= 4 is 11.6 Å². The third kappa shape index (κ3) is 2.02. The third-order valence-corrected chi connectivity index (χ3v) is 8.56. The van der Waals surface area contributed by atoms with Crippen LogP contribution in [0.3, 0.4) is 0 Å². The van der Waals surface area contributed by atoms with Gasteiger partial charge in [-0.3, -0.25) is 9.59 Å². The Morgan fingerprint density at radius 2 is 1.84 bits per heavy atom.